The van der Waals surface area contributed by atoms with Crippen LogP contribution in [0.15, 0.2) is 12.5 Å². The molecule has 174 valence electrons. The van der Waals surface area contributed by atoms with Gasteiger partial charge in [0.15, 0.2) is 0 Å². The maximum atomic E-state index is 13.3. The van der Waals surface area contributed by atoms with Gasteiger partial charge in [0, 0.05) is 31.4 Å². The lowest BCUT2D eigenvalue weighted by atomic mass is 10.1. The number of aliphatic carboxylic acids is 1. The summed E-state index contributed by atoms with van der Waals surface area (Å²) in [5.74, 6) is -1.91. The van der Waals surface area contributed by atoms with Gasteiger partial charge in [-0.25, -0.2) is 9.78 Å². The van der Waals surface area contributed by atoms with Crippen LogP contribution in [0.5, 0.6) is 0 Å². The second kappa shape index (κ2) is 9.68. The number of likely N-dealkylation sites (tertiary alicyclic amines) is 2. The number of nitrogens with one attached hydrogen (secondary N) is 3. The molecule has 3 aliphatic rings. The number of H-pyrrole nitrogens is 1. The topological polar surface area (TPSA) is 148 Å². The molecular weight excluding hydrogens is 416 g/mol. The summed E-state index contributed by atoms with van der Waals surface area (Å²) >= 11 is 0. The predicted octanol–water partition coefficient (Wildman–Crippen LogP) is -0.744. The molecule has 4 rings (SSSR count). The van der Waals surface area contributed by atoms with Crippen molar-refractivity contribution in [1.82, 2.24) is 30.4 Å². The van der Waals surface area contributed by atoms with Crippen molar-refractivity contribution in [2.24, 2.45) is 0 Å². The molecule has 1 aromatic heterocycles. The van der Waals surface area contributed by atoms with Crippen LogP contribution in [0.1, 0.15) is 44.2 Å². The van der Waals surface area contributed by atoms with Gasteiger partial charge in [0.1, 0.15) is 18.1 Å². The molecule has 11 heteroatoms. The number of aromatic nitrogens is 2. The predicted molar refractivity (Wildman–Crippen MR) is 112 cm³/mol. The highest BCUT2D eigenvalue weighted by Crippen LogP contribution is 2.22. The van der Waals surface area contributed by atoms with Gasteiger partial charge in [0.2, 0.25) is 17.7 Å². The molecule has 3 saturated heterocycles. The van der Waals surface area contributed by atoms with Gasteiger partial charge < -0.3 is 30.5 Å². The van der Waals surface area contributed by atoms with Crippen molar-refractivity contribution >= 4 is 23.7 Å². The molecule has 3 aliphatic heterocycles. The first-order valence-electron chi connectivity index (χ1n) is 11.3. The number of aromatic amines is 1. The van der Waals surface area contributed by atoms with E-state index in [-0.39, 0.29) is 24.3 Å². The molecule has 4 atom stereocenters. The Morgan fingerprint density at radius 2 is 1.84 bits per heavy atom. The summed E-state index contributed by atoms with van der Waals surface area (Å²) in [6.45, 7) is 1.65. The fourth-order valence-electron chi connectivity index (χ4n) is 4.97. The van der Waals surface area contributed by atoms with Crippen molar-refractivity contribution in [2.75, 3.05) is 19.6 Å². The second-order valence-electron chi connectivity index (χ2n) is 8.71. The van der Waals surface area contributed by atoms with Crippen LogP contribution in [-0.4, -0.2) is 92.4 Å². The van der Waals surface area contributed by atoms with E-state index < -0.39 is 30.0 Å². The third-order valence-corrected chi connectivity index (χ3v) is 6.61. The molecule has 0 aromatic carbocycles. The van der Waals surface area contributed by atoms with Crippen LogP contribution >= 0.6 is 0 Å². The van der Waals surface area contributed by atoms with Gasteiger partial charge in [-0.05, 0) is 45.1 Å². The maximum absolute atomic E-state index is 13.3. The minimum atomic E-state index is -1.04. The normalized spacial score (nSPS) is 26.3. The number of carbonyl (C=O) groups is 4. The Labute approximate surface area is 185 Å². The van der Waals surface area contributed by atoms with Gasteiger partial charge >= 0.3 is 5.97 Å². The van der Waals surface area contributed by atoms with E-state index in [1.807, 2.05) is 0 Å². The van der Waals surface area contributed by atoms with Crippen molar-refractivity contribution in [2.45, 2.75) is 69.1 Å². The van der Waals surface area contributed by atoms with Gasteiger partial charge in [-0.2, -0.15) is 0 Å². The van der Waals surface area contributed by atoms with Gasteiger partial charge in [-0.1, -0.05) is 0 Å². The zero-order valence-electron chi connectivity index (χ0n) is 18.0. The highest BCUT2D eigenvalue weighted by atomic mass is 16.4. The first kappa shape index (κ1) is 22.3. The molecule has 3 amide bonds. The van der Waals surface area contributed by atoms with Crippen molar-refractivity contribution in [3.63, 3.8) is 0 Å². The van der Waals surface area contributed by atoms with E-state index in [0.29, 0.717) is 38.0 Å². The lowest BCUT2D eigenvalue weighted by Crippen LogP contribution is -2.57. The summed E-state index contributed by atoms with van der Waals surface area (Å²) < 4.78 is 0. The Kier molecular flexibility index (Phi) is 6.73. The zero-order valence-corrected chi connectivity index (χ0v) is 18.0. The Morgan fingerprint density at radius 3 is 2.50 bits per heavy atom. The molecule has 4 heterocycles. The highest BCUT2D eigenvalue weighted by Gasteiger charge is 2.41. The molecule has 0 aliphatic carbocycles. The Bertz CT molecular complexity index is 853. The number of carboxylic acids is 1. The van der Waals surface area contributed by atoms with E-state index >= 15 is 0 Å². The molecule has 4 unspecified atom stereocenters. The fraction of sp³-hybridized carbons (Fsp3) is 0.667. The molecular formula is C21H30N6O5. The highest BCUT2D eigenvalue weighted by molar-refractivity contribution is 5.94. The van der Waals surface area contributed by atoms with E-state index in [2.05, 4.69) is 20.6 Å². The van der Waals surface area contributed by atoms with E-state index in [4.69, 9.17) is 0 Å². The minimum Gasteiger partial charge on any atom is -0.480 e. The average Bonchev–Trinajstić information content (AvgIpc) is 3.57. The van der Waals surface area contributed by atoms with Crippen LogP contribution in [-0.2, 0) is 25.6 Å². The van der Waals surface area contributed by atoms with Crippen LogP contribution < -0.4 is 10.6 Å². The van der Waals surface area contributed by atoms with Crippen LogP contribution in [0.4, 0.5) is 0 Å². The molecule has 0 radical (unpaired) electrons. The number of carbonyl (C=O) groups excluding carboxylic acids is 3. The number of hydrogen-bond donors (Lipinski definition) is 4. The van der Waals surface area contributed by atoms with Gasteiger partial charge in [0.05, 0.1) is 12.4 Å². The molecule has 0 bridgehead atoms. The molecule has 11 nitrogen and oxygen atoms in total. The zero-order chi connectivity index (χ0) is 22.7. The molecule has 0 spiro atoms. The van der Waals surface area contributed by atoms with Gasteiger partial charge in [0.25, 0.3) is 0 Å². The number of hydrogen-bond acceptors (Lipinski definition) is 6. The largest absolute Gasteiger partial charge is 0.480 e. The van der Waals surface area contributed by atoms with Crippen molar-refractivity contribution in [1.29, 1.82) is 0 Å². The lowest BCUT2D eigenvalue weighted by molar-refractivity contribution is -0.149. The van der Waals surface area contributed by atoms with E-state index in [1.165, 1.54) is 11.2 Å². The number of rotatable bonds is 7. The van der Waals surface area contributed by atoms with Crippen molar-refractivity contribution < 1.29 is 24.3 Å². The Hall–Kier alpha value is -2.95. The summed E-state index contributed by atoms with van der Waals surface area (Å²) in [5.41, 5.74) is 0.657. The SMILES string of the molecule is O=C(O)C1CCCN1C(=O)C(Cc1cnc[nH]1)NC(=O)C1CCCN1C(=O)C1CCCN1. The molecule has 1 aromatic rings. The molecule has 0 saturated carbocycles. The standard InChI is InChI=1S/C21H30N6O5/c28-18(16-5-2-8-26(16)19(29)14-4-1-7-23-14)25-15(10-13-11-22-12-24-13)20(30)27-9-3-6-17(27)21(31)32/h11-12,14-17,23H,1-10H2,(H,22,24)(H,25,28)(H,31,32). The third-order valence-electron chi connectivity index (χ3n) is 6.61. The van der Waals surface area contributed by atoms with E-state index in [0.717, 1.165) is 25.8 Å². The van der Waals surface area contributed by atoms with Crippen LogP contribution in [0.25, 0.3) is 0 Å². The number of carboxylic acid groups (broad SMARTS) is 1. The quantitative estimate of drug-likeness (QED) is 0.431. The van der Waals surface area contributed by atoms with Crippen LogP contribution in [0.3, 0.4) is 0 Å². The third kappa shape index (κ3) is 4.62. The van der Waals surface area contributed by atoms with Crippen molar-refractivity contribution in [3.05, 3.63) is 18.2 Å². The van der Waals surface area contributed by atoms with Crippen molar-refractivity contribution in [3.8, 4) is 0 Å². The Balaban J connectivity index is 1.48. The minimum absolute atomic E-state index is 0.0675. The fourth-order valence-corrected chi connectivity index (χ4v) is 4.97. The first-order valence-corrected chi connectivity index (χ1v) is 11.3. The maximum Gasteiger partial charge on any atom is 0.326 e. The second-order valence-corrected chi connectivity index (χ2v) is 8.71. The van der Waals surface area contributed by atoms with E-state index in [9.17, 15) is 24.3 Å². The van der Waals surface area contributed by atoms with E-state index in [1.54, 1.807) is 11.1 Å². The molecule has 32 heavy (non-hydrogen) atoms. The van der Waals surface area contributed by atoms with Crippen LogP contribution in [0, 0.1) is 0 Å². The monoisotopic (exact) mass is 446 g/mol. The number of imidazole rings is 1. The number of amides is 3. The average molecular weight is 447 g/mol. The number of nitrogens with zero attached hydrogens (tertiary/aromatic N) is 3. The molecule has 4 N–H and O–H groups in total. The summed E-state index contributed by atoms with van der Waals surface area (Å²) in [7, 11) is 0. The first-order chi connectivity index (χ1) is 15.5. The lowest BCUT2D eigenvalue weighted by Gasteiger charge is -2.30. The summed E-state index contributed by atoms with van der Waals surface area (Å²) in [5, 5.41) is 15.5. The summed E-state index contributed by atoms with van der Waals surface area (Å²) in [6, 6.07) is -2.71. The smallest absolute Gasteiger partial charge is 0.326 e. The van der Waals surface area contributed by atoms with Gasteiger partial charge in [-0.15, -0.1) is 0 Å². The molecule has 3 fully saturated rings. The Morgan fingerprint density at radius 1 is 1.09 bits per heavy atom. The summed E-state index contributed by atoms with van der Waals surface area (Å²) in [4.78, 5) is 60.8. The summed E-state index contributed by atoms with van der Waals surface area (Å²) in [6.07, 6.45) is 7.18. The van der Waals surface area contributed by atoms with Crippen LogP contribution in [0.2, 0.25) is 0 Å². The van der Waals surface area contributed by atoms with Gasteiger partial charge in [-0.3, -0.25) is 14.4 Å².